The van der Waals surface area contributed by atoms with E-state index in [2.05, 4.69) is 5.32 Å². The van der Waals surface area contributed by atoms with Crippen LogP contribution in [-0.4, -0.2) is 26.2 Å². The topological polar surface area (TPSA) is 72.5 Å². The molecule has 8 heteroatoms. The van der Waals surface area contributed by atoms with Crippen molar-refractivity contribution in [3.8, 4) is 5.75 Å². The molecule has 2 aromatic carbocycles. The Labute approximate surface area is 150 Å². The molecule has 0 aromatic heterocycles. The summed E-state index contributed by atoms with van der Waals surface area (Å²) in [6, 6.07) is 8.83. The van der Waals surface area contributed by atoms with Gasteiger partial charge in [0.05, 0.1) is 16.8 Å². The fourth-order valence-electron chi connectivity index (χ4n) is 2.14. The number of hydrogen-bond acceptors (Lipinski definition) is 4. The smallest absolute Gasteiger partial charge is 0.225 e. The van der Waals surface area contributed by atoms with E-state index < -0.39 is 33.1 Å². The van der Waals surface area contributed by atoms with Crippen molar-refractivity contribution < 1.29 is 26.7 Å². The largest absolute Gasteiger partial charge is 0.491 e. The second kappa shape index (κ2) is 8.27. The summed E-state index contributed by atoms with van der Waals surface area (Å²) in [6.07, 6.45) is -0.344. The highest BCUT2D eigenvalue weighted by Gasteiger charge is 2.17. The third-order valence-corrected chi connectivity index (χ3v) is 5.09. The van der Waals surface area contributed by atoms with Gasteiger partial charge < -0.3 is 10.1 Å². The van der Waals surface area contributed by atoms with E-state index >= 15 is 0 Å². The Kier molecular flexibility index (Phi) is 6.31. The molecular formula is C18H19F2NO4S. The Hall–Kier alpha value is -2.48. The predicted molar refractivity (Wildman–Crippen MR) is 93.9 cm³/mol. The van der Waals surface area contributed by atoms with Crippen molar-refractivity contribution in [2.45, 2.75) is 31.3 Å². The second-order valence-corrected chi connectivity index (χ2v) is 7.99. The molecule has 0 fully saturated rings. The van der Waals surface area contributed by atoms with Crippen LogP contribution in [0.15, 0.2) is 47.4 Å². The van der Waals surface area contributed by atoms with Crippen molar-refractivity contribution in [2.75, 3.05) is 11.1 Å². The molecule has 1 amide bonds. The van der Waals surface area contributed by atoms with Crippen molar-refractivity contribution in [2.24, 2.45) is 0 Å². The van der Waals surface area contributed by atoms with E-state index in [4.69, 9.17) is 4.74 Å². The van der Waals surface area contributed by atoms with E-state index in [1.165, 1.54) is 18.2 Å². The Bertz CT molecular complexity index is 881. The summed E-state index contributed by atoms with van der Waals surface area (Å²) in [7, 11) is -3.66. The van der Waals surface area contributed by atoms with Crippen LogP contribution in [0, 0.1) is 11.6 Å². The Morgan fingerprint density at radius 1 is 1.08 bits per heavy atom. The van der Waals surface area contributed by atoms with Gasteiger partial charge >= 0.3 is 0 Å². The van der Waals surface area contributed by atoms with Crippen molar-refractivity contribution in [3.05, 3.63) is 54.1 Å². The SMILES string of the molecule is CC(C)Oc1ccc(S(=O)(=O)CCC(=O)Nc2ccc(F)c(F)c2)cc1. The van der Waals surface area contributed by atoms with Gasteiger partial charge in [0, 0.05) is 18.2 Å². The van der Waals surface area contributed by atoms with Crippen LogP contribution in [0.25, 0.3) is 0 Å². The van der Waals surface area contributed by atoms with Crippen LogP contribution in [0.1, 0.15) is 20.3 Å². The number of carbonyl (C=O) groups excluding carboxylic acids is 1. The van der Waals surface area contributed by atoms with Crippen LogP contribution < -0.4 is 10.1 Å². The number of hydrogen-bond donors (Lipinski definition) is 1. The molecule has 2 aromatic rings. The number of benzene rings is 2. The van der Waals surface area contributed by atoms with Gasteiger partial charge in [-0.1, -0.05) is 0 Å². The summed E-state index contributed by atoms with van der Waals surface area (Å²) in [5, 5.41) is 2.33. The molecule has 0 radical (unpaired) electrons. The van der Waals surface area contributed by atoms with E-state index in [-0.39, 0.29) is 23.1 Å². The summed E-state index contributed by atoms with van der Waals surface area (Å²) >= 11 is 0. The standard InChI is InChI=1S/C18H19F2NO4S/c1-12(2)25-14-4-6-15(7-5-14)26(23,24)10-9-18(22)21-13-3-8-16(19)17(20)11-13/h3-8,11-12H,9-10H2,1-2H3,(H,21,22). The second-order valence-electron chi connectivity index (χ2n) is 5.88. The monoisotopic (exact) mass is 383 g/mol. The number of halogens is 2. The number of amides is 1. The lowest BCUT2D eigenvalue weighted by molar-refractivity contribution is -0.115. The van der Waals surface area contributed by atoms with Gasteiger partial charge in [-0.05, 0) is 50.2 Å². The average molecular weight is 383 g/mol. The summed E-state index contributed by atoms with van der Waals surface area (Å²) < 4.78 is 56.0. The van der Waals surface area contributed by atoms with Gasteiger partial charge in [0.25, 0.3) is 0 Å². The summed E-state index contributed by atoms with van der Waals surface area (Å²) in [5.74, 6) is -2.60. The zero-order valence-corrected chi connectivity index (χ0v) is 15.1. The molecule has 0 saturated heterocycles. The minimum absolute atomic E-state index is 0.0301. The molecule has 0 aliphatic carbocycles. The van der Waals surface area contributed by atoms with Crippen LogP contribution in [0.3, 0.4) is 0 Å². The third kappa shape index (κ3) is 5.52. The van der Waals surface area contributed by atoms with E-state index in [0.717, 1.165) is 12.1 Å². The lowest BCUT2D eigenvalue weighted by Gasteiger charge is -2.10. The zero-order chi connectivity index (χ0) is 19.3. The maximum atomic E-state index is 13.1. The molecule has 0 saturated carbocycles. The number of carbonyl (C=O) groups is 1. The quantitative estimate of drug-likeness (QED) is 0.794. The van der Waals surface area contributed by atoms with Gasteiger partial charge in [-0.2, -0.15) is 0 Å². The van der Waals surface area contributed by atoms with Gasteiger partial charge in [0.2, 0.25) is 5.91 Å². The Morgan fingerprint density at radius 2 is 1.73 bits per heavy atom. The first-order valence-electron chi connectivity index (χ1n) is 7.92. The van der Waals surface area contributed by atoms with Crippen molar-refractivity contribution >= 4 is 21.4 Å². The van der Waals surface area contributed by atoms with Crippen molar-refractivity contribution in [3.63, 3.8) is 0 Å². The van der Waals surface area contributed by atoms with Crippen molar-refractivity contribution in [1.82, 2.24) is 0 Å². The first kappa shape index (κ1) is 19.8. The maximum Gasteiger partial charge on any atom is 0.225 e. The maximum absolute atomic E-state index is 13.1. The molecule has 2 rings (SSSR count). The van der Waals surface area contributed by atoms with Crippen LogP contribution in [-0.2, 0) is 14.6 Å². The minimum Gasteiger partial charge on any atom is -0.491 e. The minimum atomic E-state index is -3.66. The fraction of sp³-hybridized carbons (Fsp3) is 0.278. The van der Waals surface area contributed by atoms with E-state index in [9.17, 15) is 22.0 Å². The molecular weight excluding hydrogens is 364 g/mol. The number of rotatable bonds is 7. The normalized spacial score (nSPS) is 11.4. The predicted octanol–water partition coefficient (Wildman–Crippen LogP) is 3.55. The van der Waals surface area contributed by atoms with Crippen LogP contribution in [0.5, 0.6) is 5.75 Å². The lowest BCUT2D eigenvalue weighted by Crippen LogP contribution is -2.17. The molecule has 0 heterocycles. The van der Waals surface area contributed by atoms with Gasteiger partial charge in [0.1, 0.15) is 5.75 Å². The number of nitrogens with one attached hydrogen (secondary N) is 1. The molecule has 1 N–H and O–H groups in total. The molecule has 0 bridgehead atoms. The molecule has 26 heavy (non-hydrogen) atoms. The molecule has 0 atom stereocenters. The number of ether oxygens (including phenoxy) is 1. The van der Waals surface area contributed by atoms with E-state index in [0.29, 0.717) is 5.75 Å². The lowest BCUT2D eigenvalue weighted by atomic mass is 10.3. The summed E-state index contributed by atoms with van der Waals surface area (Å²) in [6.45, 7) is 3.71. The molecule has 5 nitrogen and oxygen atoms in total. The highest BCUT2D eigenvalue weighted by Crippen LogP contribution is 2.19. The Morgan fingerprint density at radius 3 is 2.31 bits per heavy atom. The number of anilines is 1. The van der Waals surface area contributed by atoms with Gasteiger partial charge in [-0.3, -0.25) is 4.79 Å². The first-order chi connectivity index (χ1) is 12.2. The number of sulfone groups is 1. The zero-order valence-electron chi connectivity index (χ0n) is 14.3. The molecule has 0 spiro atoms. The summed E-state index contributed by atoms with van der Waals surface area (Å²) in [5.41, 5.74) is 0.0569. The molecule has 0 aliphatic rings. The van der Waals surface area contributed by atoms with Crippen LogP contribution in [0.2, 0.25) is 0 Å². The first-order valence-corrected chi connectivity index (χ1v) is 9.57. The Balaban J connectivity index is 1.96. The van der Waals surface area contributed by atoms with E-state index in [1.807, 2.05) is 13.8 Å². The molecule has 0 unspecified atom stereocenters. The average Bonchev–Trinajstić information content (AvgIpc) is 2.56. The van der Waals surface area contributed by atoms with E-state index in [1.54, 1.807) is 12.1 Å². The highest BCUT2D eigenvalue weighted by atomic mass is 32.2. The van der Waals surface area contributed by atoms with Gasteiger partial charge in [0.15, 0.2) is 21.5 Å². The van der Waals surface area contributed by atoms with Gasteiger partial charge in [-0.15, -0.1) is 0 Å². The molecule has 140 valence electrons. The van der Waals surface area contributed by atoms with Crippen LogP contribution in [0.4, 0.5) is 14.5 Å². The fourth-order valence-corrected chi connectivity index (χ4v) is 3.38. The third-order valence-electron chi connectivity index (χ3n) is 3.36. The van der Waals surface area contributed by atoms with Crippen molar-refractivity contribution in [1.29, 1.82) is 0 Å². The highest BCUT2D eigenvalue weighted by molar-refractivity contribution is 7.91. The van der Waals surface area contributed by atoms with Gasteiger partial charge in [-0.25, -0.2) is 17.2 Å². The molecule has 0 aliphatic heterocycles. The summed E-state index contributed by atoms with van der Waals surface area (Å²) in [4.78, 5) is 11.9. The van der Waals surface area contributed by atoms with Crippen LogP contribution >= 0.6 is 0 Å².